The number of hydrogen-bond donors (Lipinski definition) is 2. The number of anilines is 1. The van der Waals surface area contributed by atoms with Gasteiger partial charge >= 0.3 is 0 Å². The minimum absolute atomic E-state index is 0.0429. The molecule has 3 aromatic rings. The molecule has 0 bridgehead atoms. The molecule has 0 amide bonds. The zero-order valence-electron chi connectivity index (χ0n) is 10.8. The molecule has 0 saturated heterocycles. The number of thiophene rings is 1. The summed E-state index contributed by atoms with van der Waals surface area (Å²) in [6.45, 7) is 0. The lowest BCUT2D eigenvalue weighted by Crippen LogP contribution is -2.19. The molecule has 0 radical (unpaired) electrons. The Morgan fingerprint density at radius 3 is 2.68 bits per heavy atom. The number of fused-ring (bicyclic) bond motifs is 1. The Balaban J connectivity index is 2.02. The molecule has 3 rings (SSSR count). The Bertz CT molecular complexity index is 1030. The molecule has 0 saturated carbocycles. The summed E-state index contributed by atoms with van der Waals surface area (Å²) in [7, 11) is -3.83. The van der Waals surface area contributed by atoms with E-state index < -0.39 is 15.6 Å². The normalized spacial score (nSPS) is 11.7. The molecule has 2 N–H and O–H groups in total. The fourth-order valence-electron chi connectivity index (χ4n) is 1.85. The van der Waals surface area contributed by atoms with Gasteiger partial charge in [-0.25, -0.2) is 8.42 Å². The lowest BCUT2D eigenvalue weighted by Gasteiger charge is -2.04. The van der Waals surface area contributed by atoms with E-state index in [4.69, 9.17) is 11.6 Å². The van der Waals surface area contributed by atoms with Crippen LogP contribution in [-0.2, 0) is 10.0 Å². The Hall–Kier alpha value is -1.35. The van der Waals surface area contributed by atoms with Crippen LogP contribution >= 0.6 is 38.9 Å². The minimum atomic E-state index is -3.83. The number of aromatic nitrogens is 1. The van der Waals surface area contributed by atoms with Gasteiger partial charge in [-0.2, -0.15) is 0 Å². The van der Waals surface area contributed by atoms with Gasteiger partial charge in [0.1, 0.15) is 9.90 Å². The van der Waals surface area contributed by atoms with Crippen LogP contribution in [0.15, 0.2) is 50.0 Å². The first-order valence-corrected chi connectivity index (χ1v) is 9.43. The van der Waals surface area contributed by atoms with Crippen molar-refractivity contribution in [2.45, 2.75) is 4.21 Å². The van der Waals surface area contributed by atoms with Crippen LogP contribution in [0.3, 0.4) is 0 Å². The maximum absolute atomic E-state index is 12.4. The van der Waals surface area contributed by atoms with Crippen molar-refractivity contribution in [3.05, 3.63) is 56.4 Å². The maximum atomic E-state index is 12.4. The standard InChI is InChI=1S/C13H8BrClN2O3S2/c14-11-4-2-9(13(18)16-11)17-22(19,20)12-6-7-5-8(15)1-3-10(7)21-12/h1-6,17H,(H,16,18). The van der Waals surface area contributed by atoms with Gasteiger partial charge in [0.15, 0.2) is 0 Å². The van der Waals surface area contributed by atoms with Gasteiger partial charge in [-0.1, -0.05) is 11.6 Å². The molecule has 0 aliphatic rings. The van der Waals surface area contributed by atoms with Gasteiger partial charge in [-0.3, -0.25) is 9.52 Å². The van der Waals surface area contributed by atoms with Crippen molar-refractivity contribution in [3.8, 4) is 0 Å². The molecule has 5 nitrogen and oxygen atoms in total. The minimum Gasteiger partial charge on any atom is -0.315 e. The van der Waals surface area contributed by atoms with E-state index in [0.717, 1.165) is 21.4 Å². The number of sulfonamides is 1. The molecule has 0 aliphatic heterocycles. The second-order valence-electron chi connectivity index (χ2n) is 4.40. The van der Waals surface area contributed by atoms with Crippen molar-refractivity contribution in [1.82, 2.24) is 4.98 Å². The van der Waals surface area contributed by atoms with Crippen LogP contribution in [0.1, 0.15) is 0 Å². The predicted octanol–water partition coefficient (Wildman–Crippen LogP) is 3.81. The number of aromatic amines is 1. The first-order chi connectivity index (χ1) is 10.3. The lowest BCUT2D eigenvalue weighted by atomic mass is 10.3. The van der Waals surface area contributed by atoms with Crippen LogP contribution < -0.4 is 10.3 Å². The average Bonchev–Trinajstić information content (AvgIpc) is 2.86. The first-order valence-electron chi connectivity index (χ1n) is 5.96. The van der Waals surface area contributed by atoms with E-state index in [1.54, 1.807) is 24.3 Å². The molecular weight excluding hydrogens is 412 g/mol. The SMILES string of the molecule is O=c1[nH]c(Br)ccc1NS(=O)(=O)c1cc2cc(Cl)ccc2s1. The third-order valence-corrected chi connectivity index (χ3v) is 6.49. The van der Waals surface area contributed by atoms with Gasteiger partial charge in [0.05, 0.1) is 4.60 Å². The highest BCUT2D eigenvalue weighted by Gasteiger charge is 2.19. The van der Waals surface area contributed by atoms with Crippen molar-refractivity contribution in [2.75, 3.05) is 4.72 Å². The molecule has 9 heteroatoms. The molecule has 2 aromatic heterocycles. The van der Waals surface area contributed by atoms with Gasteiger partial charge in [0.2, 0.25) is 0 Å². The summed E-state index contributed by atoms with van der Waals surface area (Å²) >= 11 is 10.1. The summed E-state index contributed by atoms with van der Waals surface area (Å²) in [5.74, 6) is 0. The Kier molecular flexibility index (Phi) is 4.02. The number of halogens is 2. The summed E-state index contributed by atoms with van der Waals surface area (Å²) in [4.78, 5) is 14.2. The molecule has 0 aliphatic carbocycles. The molecule has 0 unspecified atom stereocenters. The summed E-state index contributed by atoms with van der Waals surface area (Å²) in [5.41, 5.74) is -0.569. The number of hydrogen-bond acceptors (Lipinski definition) is 4. The summed E-state index contributed by atoms with van der Waals surface area (Å²) in [6, 6.07) is 9.62. The highest BCUT2D eigenvalue weighted by Crippen LogP contribution is 2.31. The molecule has 0 atom stereocenters. The molecule has 0 fully saturated rings. The molecular formula is C13H8BrClN2O3S2. The van der Waals surface area contributed by atoms with Crippen LogP contribution in [0.25, 0.3) is 10.1 Å². The summed E-state index contributed by atoms with van der Waals surface area (Å²) in [6.07, 6.45) is 0. The van der Waals surface area contributed by atoms with Crippen molar-refractivity contribution < 1.29 is 8.42 Å². The van der Waals surface area contributed by atoms with Gasteiger partial charge in [-0.15, -0.1) is 11.3 Å². The maximum Gasteiger partial charge on any atom is 0.273 e. The van der Waals surface area contributed by atoms with Crippen LogP contribution in [0, 0.1) is 0 Å². The average molecular weight is 420 g/mol. The van der Waals surface area contributed by atoms with Gasteiger partial charge < -0.3 is 4.98 Å². The van der Waals surface area contributed by atoms with Gasteiger partial charge in [0, 0.05) is 9.72 Å². The second kappa shape index (κ2) is 5.69. The van der Waals surface area contributed by atoms with Crippen LogP contribution in [0.4, 0.5) is 5.69 Å². The number of pyridine rings is 1. The van der Waals surface area contributed by atoms with E-state index >= 15 is 0 Å². The van der Waals surface area contributed by atoms with E-state index in [9.17, 15) is 13.2 Å². The molecule has 2 heterocycles. The van der Waals surface area contributed by atoms with Crippen LogP contribution in [0.5, 0.6) is 0 Å². The Morgan fingerprint density at radius 2 is 1.95 bits per heavy atom. The first kappa shape index (κ1) is 15.5. The Labute approximate surface area is 143 Å². The van der Waals surface area contributed by atoms with Crippen molar-refractivity contribution in [1.29, 1.82) is 0 Å². The number of rotatable bonds is 3. The number of benzene rings is 1. The van der Waals surface area contributed by atoms with Crippen molar-refractivity contribution >= 4 is 64.7 Å². The van der Waals surface area contributed by atoms with E-state index in [-0.39, 0.29) is 9.90 Å². The highest BCUT2D eigenvalue weighted by atomic mass is 79.9. The molecule has 22 heavy (non-hydrogen) atoms. The number of nitrogens with one attached hydrogen (secondary N) is 2. The molecule has 0 spiro atoms. The fourth-order valence-corrected chi connectivity index (χ4v) is 4.78. The van der Waals surface area contributed by atoms with Crippen LogP contribution in [-0.4, -0.2) is 13.4 Å². The topological polar surface area (TPSA) is 79.0 Å². The number of H-pyrrole nitrogens is 1. The third-order valence-electron chi connectivity index (χ3n) is 2.84. The van der Waals surface area contributed by atoms with Gasteiger partial charge in [-0.05, 0) is 57.7 Å². The summed E-state index contributed by atoms with van der Waals surface area (Å²) < 4.78 is 28.5. The van der Waals surface area contributed by atoms with E-state index in [1.807, 2.05) is 0 Å². The predicted molar refractivity (Wildman–Crippen MR) is 92.4 cm³/mol. The van der Waals surface area contributed by atoms with E-state index in [0.29, 0.717) is 9.63 Å². The molecule has 1 aromatic carbocycles. The largest absolute Gasteiger partial charge is 0.315 e. The Morgan fingerprint density at radius 1 is 1.18 bits per heavy atom. The highest BCUT2D eigenvalue weighted by molar-refractivity contribution is 9.10. The lowest BCUT2D eigenvalue weighted by molar-refractivity contribution is 0.603. The third kappa shape index (κ3) is 3.05. The van der Waals surface area contributed by atoms with E-state index in [1.165, 1.54) is 12.1 Å². The molecule has 114 valence electrons. The summed E-state index contributed by atoms with van der Waals surface area (Å²) in [5, 5.41) is 1.27. The van der Waals surface area contributed by atoms with Crippen molar-refractivity contribution in [2.24, 2.45) is 0 Å². The second-order valence-corrected chi connectivity index (χ2v) is 8.69. The zero-order valence-corrected chi connectivity index (χ0v) is 14.7. The fraction of sp³-hybridized carbons (Fsp3) is 0. The van der Waals surface area contributed by atoms with Gasteiger partial charge in [0.25, 0.3) is 15.6 Å². The quantitative estimate of drug-likeness (QED) is 0.634. The zero-order chi connectivity index (χ0) is 15.9. The van der Waals surface area contributed by atoms with Crippen molar-refractivity contribution in [3.63, 3.8) is 0 Å². The monoisotopic (exact) mass is 418 g/mol. The van der Waals surface area contributed by atoms with E-state index in [2.05, 4.69) is 25.6 Å². The smallest absolute Gasteiger partial charge is 0.273 e. The van der Waals surface area contributed by atoms with Crippen LogP contribution in [0.2, 0.25) is 5.02 Å².